The largest absolute Gasteiger partial charge is 0.481 e. The predicted octanol–water partition coefficient (Wildman–Crippen LogP) is 2.75. The molecule has 0 aliphatic heterocycles. The molecule has 0 spiro atoms. The van der Waals surface area contributed by atoms with Gasteiger partial charge in [-0.05, 0) is 19.3 Å². The molecule has 21 heavy (non-hydrogen) atoms. The number of hydrogen-bond donors (Lipinski definition) is 2. The third-order valence-electron chi connectivity index (χ3n) is 4.15. The van der Waals surface area contributed by atoms with Crippen LogP contribution in [0.1, 0.15) is 55.3 Å². The molecule has 2 N–H and O–H groups in total. The van der Waals surface area contributed by atoms with Gasteiger partial charge in [-0.2, -0.15) is 0 Å². The highest BCUT2D eigenvalue weighted by atomic mass is 32.1. The van der Waals surface area contributed by atoms with Crippen LogP contribution in [-0.4, -0.2) is 22.0 Å². The van der Waals surface area contributed by atoms with Crippen molar-refractivity contribution in [3.05, 3.63) is 16.1 Å². The van der Waals surface area contributed by atoms with E-state index >= 15 is 0 Å². The van der Waals surface area contributed by atoms with Gasteiger partial charge in [-0.3, -0.25) is 9.59 Å². The molecule has 1 fully saturated rings. The molecule has 5 nitrogen and oxygen atoms in total. The third-order valence-corrected chi connectivity index (χ3v) is 5.29. The van der Waals surface area contributed by atoms with Crippen molar-refractivity contribution in [2.24, 2.45) is 5.41 Å². The summed E-state index contributed by atoms with van der Waals surface area (Å²) < 4.78 is 0. The number of nitrogens with one attached hydrogen (secondary N) is 1. The number of carbonyl (C=O) groups excluding carboxylic acids is 1. The summed E-state index contributed by atoms with van der Waals surface area (Å²) in [5.74, 6) is -1.02. The Kier molecular flexibility index (Phi) is 5.33. The van der Waals surface area contributed by atoms with Crippen molar-refractivity contribution < 1.29 is 14.7 Å². The van der Waals surface area contributed by atoms with Gasteiger partial charge in [0.2, 0.25) is 5.91 Å². The SMILES string of the molecule is CCc1cnc(CNC(=O)CC2(C(=O)O)CCCCC2)s1. The fraction of sp³-hybridized carbons (Fsp3) is 0.667. The topological polar surface area (TPSA) is 79.3 Å². The first kappa shape index (κ1) is 15.9. The van der Waals surface area contributed by atoms with Crippen molar-refractivity contribution in [2.45, 2.75) is 58.4 Å². The average molecular weight is 310 g/mol. The number of nitrogens with zero attached hydrogens (tertiary/aromatic N) is 1. The van der Waals surface area contributed by atoms with Crippen LogP contribution < -0.4 is 5.32 Å². The number of aromatic nitrogens is 1. The number of rotatable bonds is 6. The first-order chi connectivity index (χ1) is 10.1. The molecule has 1 aromatic heterocycles. The van der Waals surface area contributed by atoms with Gasteiger partial charge in [0.15, 0.2) is 0 Å². The van der Waals surface area contributed by atoms with Crippen LogP contribution in [-0.2, 0) is 22.6 Å². The van der Waals surface area contributed by atoms with E-state index in [9.17, 15) is 14.7 Å². The van der Waals surface area contributed by atoms with Crippen molar-refractivity contribution in [2.75, 3.05) is 0 Å². The minimum Gasteiger partial charge on any atom is -0.481 e. The van der Waals surface area contributed by atoms with Gasteiger partial charge < -0.3 is 10.4 Å². The molecule has 116 valence electrons. The number of aliphatic carboxylic acids is 1. The number of aryl methyl sites for hydroxylation is 1. The number of amides is 1. The van der Waals surface area contributed by atoms with E-state index in [0.29, 0.717) is 19.4 Å². The monoisotopic (exact) mass is 310 g/mol. The summed E-state index contributed by atoms with van der Waals surface area (Å²) in [6.45, 7) is 2.45. The summed E-state index contributed by atoms with van der Waals surface area (Å²) >= 11 is 1.58. The normalized spacial score (nSPS) is 17.4. The highest BCUT2D eigenvalue weighted by Gasteiger charge is 2.41. The Balaban J connectivity index is 1.89. The molecule has 0 atom stereocenters. The second kappa shape index (κ2) is 7.02. The van der Waals surface area contributed by atoms with Crippen molar-refractivity contribution in [1.29, 1.82) is 0 Å². The molecule has 2 rings (SSSR count). The van der Waals surface area contributed by atoms with Crippen molar-refractivity contribution in [1.82, 2.24) is 10.3 Å². The Labute approximate surface area is 128 Å². The van der Waals surface area contributed by atoms with E-state index < -0.39 is 11.4 Å². The summed E-state index contributed by atoms with van der Waals surface area (Å²) in [5.41, 5.74) is -0.861. The minimum absolute atomic E-state index is 0.0777. The van der Waals surface area contributed by atoms with Crippen LogP contribution in [0.5, 0.6) is 0 Å². The standard InChI is InChI=1S/C15H22N2O3S/c1-2-11-9-17-13(21-11)10-16-12(18)8-15(14(19)20)6-4-3-5-7-15/h9H,2-8,10H2,1H3,(H,16,18)(H,19,20). The van der Waals surface area contributed by atoms with Crippen LogP contribution >= 0.6 is 11.3 Å². The zero-order valence-corrected chi connectivity index (χ0v) is 13.2. The van der Waals surface area contributed by atoms with Crippen LogP contribution in [0, 0.1) is 5.41 Å². The van der Waals surface area contributed by atoms with Gasteiger partial charge >= 0.3 is 5.97 Å². The maximum absolute atomic E-state index is 12.1. The molecule has 0 radical (unpaired) electrons. The summed E-state index contributed by atoms with van der Waals surface area (Å²) in [7, 11) is 0. The van der Waals surface area contributed by atoms with Gasteiger partial charge in [0.25, 0.3) is 0 Å². The van der Waals surface area contributed by atoms with Gasteiger partial charge in [-0.1, -0.05) is 26.2 Å². The second-order valence-corrected chi connectivity index (χ2v) is 6.87. The third kappa shape index (κ3) is 4.03. The molecule has 1 aromatic rings. The number of thiazole rings is 1. The lowest BCUT2D eigenvalue weighted by atomic mass is 9.71. The van der Waals surface area contributed by atoms with E-state index in [-0.39, 0.29) is 12.3 Å². The molecule has 0 unspecified atom stereocenters. The van der Waals surface area contributed by atoms with E-state index in [1.54, 1.807) is 11.3 Å². The number of carboxylic acids is 1. The first-order valence-corrected chi connectivity index (χ1v) is 8.31. The summed E-state index contributed by atoms with van der Waals surface area (Å²) in [6, 6.07) is 0. The zero-order valence-electron chi connectivity index (χ0n) is 12.4. The molecule has 0 bridgehead atoms. The van der Waals surface area contributed by atoms with E-state index in [0.717, 1.165) is 30.7 Å². The Morgan fingerprint density at radius 2 is 2.10 bits per heavy atom. The average Bonchev–Trinajstić information content (AvgIpc) is 2.94. The predicted molar refractivity (Wildman–Crippen MR) is 81.1 cm³/mol. The van der Waals surface area contributed by atoms with Crippen molar-refractivity contribution in [3.8, 4) is 0 Å². The highest BCUT2D eigenvalue weighted by Crippen LogP contribution is 2.39. The maximum Gasteiger partial charge on any atom is 0.310 e. The van der Waals surface area contributed by atoms with Crippen LogP contribution in [0.15, 0.2) is 6.20 Å². The molecule has 6 heteroatoms. The van der Waals surface area contributed by atoms with Gasteiger partial charge in [-0.25, -0.2) is 4.98 Å². The molecule has 0 saturated heterocycles. The number of hydrogen-bond acceptors (Lipinski definition) is 4. The lowest BCUT2D eigenvalue weighted by Crippen LogP contribution is -2.39. The Morgan fingerprint density at radius 1 is 1.38 bits per heavy atom. The zero-order chi connectivity index (χ0) is 15.3. The molecular formula is C15H22N2O3S. The summed E-state index contributed by atoms with van der Waals surface area (Å²) in [5, 5.41) is 13.1. The lowest BCUT2D eigenvalue weighted by molar-refractivity contribution is -0.154. The molecule has 1 amide bonds. The fourth-order valence-electron chi connectivity index (χ4n) is 2.83. The lowest BCUT2D eigenvalue weighted by Gasteiger charge is -2.32. The smallest absolute Gasteiger partial charge is 0.310 e. The Morgan fingerprint density at radius 3 is 2.67 bits per heavy atom. The Hall–Kier alpha value is -1.43. The Bertz CT molecular complexity index is 507. The van der Waals surface area contributed by atoms with E-state index in [1.807, 2.05) is 6.20 Å². The van der Waals surface area contributed by atoms with Crippen LogP contribution in [0.4, 0.5) is 0 Å². The van der Waals surface area contributed by atoms with Crippen LogP contribution in [0.2, 0.25) is 0 Å². The molecular weight excluding hydrogens is 288 g/mol. The van der Waals surface area contributed by atoms with E-state index in [2.05, 4.69) is 17.2 Å². The first-order valence-electron chi connectivity index (χ1n) is 7.49. The molecule has 1 aliphatic rings. The van der Waals surface area contributed by atoms with Crippen LogP contribution in [0.25, 0.3) is 0 Å². The second-order valence-electron chi connectivity index (χ2n) is 5.67. The molecule has 1 aliphatic carbocycles. The van der Waals surface area contributed by atoms with Gasteiger partial charge in [0.05, 0.1) is 12.0 Å². The quantitative estimate of drug-likeness (QED) is 0.846. The summed E-state index contributed by atoms with van der Waals surface area (Å²) in [6.07, 6.45) is 6.90. The molecule has 1 heterocycles. The van der Waals surface area contributed by atoms with Crippen molar-refractivity contribution >= 4 is 23.2 Å². The van der Waals surface area contributed by atoms with Crippen LogP contribution in [0.3, 0.4) is 0 Å². The number of carboxylic acid groups (broad SMARTS) is 1. The van der Waals surface area contributed by atoms with Gasteiger partial charge in [0.1, 0.15) is 5.01 Å². The maximum atomic E-state index is 12.1. The fourth-order valence-corrected chi connectivity index (χ4v) is 3.63. The van der Waals surface area contributed by atoms with Gasteiger partial charge in [-0.15, -0.1) is 11.3 Å². The molecule has 1 saturated carbocycles. The highest BCUT2D eigenvalue weighted by molar-refractivity contribution is 7.11. The van der Waals surface area contributed by atoms with Crippen molar-refractivity contribution in [3.63, 3.8) is 0 Å². The number of carbonyl (C=O) groups is 2. The molecule has 0 aromatic carbocycles. The summed E-state index contributed by atoms with van der Waals surface area (Å²) in [4.78, 5) is 29.0. The minimum atomic E-state index is -0.861. The van der Waals surface area contributed by atoms with E-state index in [1.165, 1.54) is 4.88 Å². The van der Waals surface area contributed by atoms with Gasteiger partial charge in [0, 0.05) is 17.5 Å². The van der Waals surface area contributed by atoms with E-state index in [4.69, 9.17) is 0 Å².